The Morgan fingerprint density at radius 3 is 2.61 bits per heavy atom. The molecule has 0 aliphatic heterocycles. The third-order valence-corrected chi connectivity index (χ3v) is 4.94. The molecule has 0 N–H and O–H groups in total. The molecule has 2 heteroatoms. The Kier molecular flexibility index (Phi) is 4.69. The van der Waals surface area contributed by atoms with E-state index in [4.69, 9.17) is 0 Å². The lowest BCUT2D eigenvalue weighted by molar-refractivity contribution is 0.597. The van der Waals surface area contributed by atoms with Gasteiger partial charge in [0.2, 0.25) is 0 Å². The van der Waals surface area contributed by atoms with Crippen molar-refractivity contribution in [3.05, 3.63) is 95.0 Å². The standard InChI is InChI=1S/C21H19OP/c1-3-7-16-12-14-20(23-22)19-13-11-15-9-5-6-10-17(15)18(8-4-2)21(16)19/h3-6,9-14,20H,1-2,7-8H2. The van der Waals surface area contributed by atoms with Crippen LogP contribution in [0.1, 0.15) is 12.8 Å². The van der Waals surface area contributed by atoms with E-state index in [2.05, 4.69) is 55.7 Å². The van der Waals surface area contributed by atoms with Gasteiger partial charge in [0, 0.05) is 0 Å². The molecule has 0 bridgehead atoms. The van der Waals surface area contributed by atoms with Crippen LogP contribution in [0.3, 0.4) is 0 Å². The van der Waals surface area contributed by atoms with Gasteiger partial charge >= 0.3 is 0 Å². The molecule has 3 rings (SSSR count). The minimum absolute atomic E-state index is 0.0936. The molecular formula is C21H19OP. The highest BCUT2D eigenvalue weighted by Gasteiger charge is 2.25. The molecule has 23 heavy (non-hydrogen) atoms. The zero-order valence-electron chi connectivity index (χ0n) is 13.0. The lowest BCUT2D eigenvalue weighted by Gasteiger charge is -2.23. The van der Waals surface area contributed by atoms with Gasteiger partial charge in [-0.1, -0.05) is 60.7 Å². The van der Waals surface area contributed by atoms with E-state index in [-0.39, 0.29) is 14.1 Å². The van der Waals surface area contributed by atoms with Crippen LogP contribution in [0, 0.1) is 0 Å². The first-order chi connectivity index (χ1) is 11.3. The van der Waals surface area contributed by atoms with Crippen molar-refractivity contribution in [1.82, 2.24) is 0 Å². The molecule has 0 amide bonds. The van der Waals surface area contributed by atoms with E-state index in [0.717, 1.165) is 18.4 Å². The Balaban J connectivity index is 2.41. The maximum Gasteiger partial charge on any atom is 0.167 e. The summed E-state index contributed by atoms with van der Waals surface area (Å²) in [6.07, 6.45) is 13.8. The van der Waals surface area contributed by atoms with Crippen LogP contribution < -0.4 is 10.4 Å². The molecule has 0 saturated carbocycles. The van der Waals surface area contributed by atoms with Crippen LogP contribution in [0.5, 0.6) is 0 Å². The fraction of sp³-hybridized carbons (Fsp3) is 0.143. The highest BCUT2D eigenvalue weighted by molar-refractivity contribution is 7.25. The SMILES string of the molecule is C=CCC1=C2C(=CC=c3ccccc3=C2CC=C)C(P=O)C=C1. The number of hydrogen-bond acceptors (Lipinski definition) is 1. The fourth-order valence-electron chi connectivity index (χ4n) is 3.28. The smallest absolute Gasteiger partial charge is 0.167 e. The molecule has 0 saturated heterocycles. The van der Waals surface area contributed by atoms with E-state index >= 15 is 0 Å². The van der Waals surface area contributed by atoms with Crippen molar-refractivity contribution in [3.63, 3.8) is 0 Å². The van der Waals surface area contributed by atoms with Crippen molar-refractivity contribution in [2.24, 2.45) is 0 Å². The van der Waals surface area contributed by atoms with Gasteiger partial charge in [-0.2, -0.15) is 0 Å². The quantitative estimate of drug-likeness (QED) is 0.586. The highest BCUT2D eigenvalue weighted by Crippen LogP contribution is 2.39. The normalized spacial score (nSPS) is 19.4. The average molecular weight is 318 g/mol. The molecule has 114 valence electrons. The van der Waals surface area contributed by atoms with Crippen LogP contribution in [0.4, 0.5) is 0 Å². The van der Waals surface area contributed by atoms with Crippen molar-refractivity contribution in [1.29, 1.82) is 0 Å². The Labute approximate surface area is 138 Å². The van der Waals surface area contributed by atoms with Crippen molar-refractivity contribution in [3.8, 4) is 0 Å². The molecule has 1 unspecified atom stereocenters. The summed E-state index contributed by atoms with van der Waals surface area (Å²) in [6.45, 7) is 7.81. The predicted octanol–water partition coefficient (Wildman–Crippen LogP) is 4.24. The summed E-state index contributed by atoms with van der Waals surface area (Å²) in [7, 11) is 0.128. The van der Waals surface area contributed by atoms with Crippen LogP contribution in [-0.4, -0.2) is 5.66 Å². The van der Waals surface area contributed by atoms with Crippen LogP contribution in [0.25, 0.3) is 11.6 Å². The van der Waals surface area contributed by atoms with Crippen LogP contribution in [-0.2, 0) is 4.57 Å². The molecule has 0 radical (unpaired) electrons. The largest absolute Gasteiger partial charge is 0.274 e. The second kappa shape index (κ2) is 6.89. The Hall–Kier alpha value is -2.24. The maximum absolute atomic E-state index is 11.6. The Morgan fingerprint density at radius 1 is 1.09 bits per heavy atom. The highest BCUT2D eigenvalue weighted by atomic mass is 31.1. The molecule has 2 aliphatic carbocycles. The number of allylic oxidation sites excluding steroid dienone is 8. The first-order valence-corrected chi connectivity index (χ1v) is 8.64. The molecule has 0 heterocycles. The van der Waals surface area contributed by atoms with Crippen LogP contribution in [0.2, 0.25) is 0 Å². The van der Waals surface area contributed by atoms with Crippen molar-refractivity contribution in [2.75, 3.05) is 0 Å². The van der Waals surface area contributed by atoms with Gasteiger partial charge in [0.25, 0.3) is 0 Å². The summed E-state index contributed by atoms with van der Waals surface area (Å²) < 4.78 is 11.6. The maximum atomic E-state index is 11.6. The number of benzene rings is 1. The zero-order valence-corrected chi connectivity index (χ0v) is 13.9. The van der Waals surface area contributed by atoms with Gasteiger partial charge in [-0.05, 0) is 45.6 Å². The molecule has 0 fully saturated rings. The monoisotopic (exact) mass is 318 g/mol. The molecular weight excluding hydrogens is 299 g/mol. The second-order valence-corrected chi connectivity index (χ2v) is 6.42. The molecule has 1 aromatic rings. The summed E-state index contributed by atoms with van der Waals surface area (Å²) in [6, 6.07) is 8.39. The topological polar surface area (TPSA) is 17.1 Å². The predicted molar refractivity (Wildman–Crippen MR) is 98.8 cm³/mol. The van der Waals surface area contributed by atoms with Gasteiger partial charge < -0.3 is 0 Å². The van der Waals surface area contributed by atoms with Gasteiger partial charge in [0.05, 0.1) is 5.66 Å². The lowest BCUT2D eigenvalue weighted by atomic mass is 9.84. The third-order valence-electron chi connectivity index (χ3n) is 4.26. The minimum atomic E-state index is -0.0936. The third kappa shape index (κ3) is 2.85. The van der Waals surface area contributed by atoms with E-state index in [1.807, 2.05) is 18.2 Å². The van der Waals surface area contributed by atoms with E-state index in [1.165, 1.54) is 27.2 Å². The Bertz CT molecular complexity index is 881. The molecule has 1 nitrogen and oxygen atoms in total. The van der Waals surface area contributed by atoms with Crippen molar-refractivity contribution in [2.45, 2.75) is 18.5 Å². The first-order valence-electron chi connectivity index (χ1n) is 7.76. The summed E-state index contributed by atoms with van der Waals surface area (Å²) in [5, 5.41) is 2.42. The van der Waals surface area contributed by atoms with Crippen LogP contribution >= 0.6 is 8.46 Å². The van der Waals surface area contributed by atoms with E-state index in [1.54, 1.807) is 0 Å². The summed E-state index contributed by atoms with van der Waals surface area (Å²) in [5.41, 5.74) is 4.72. The number of rotatable bonds is 5. The molecule has 2 aliphatic rings. The minimum Gasteiger partial charge on any atom is -0.274 e. The van der Waals surface area contributed by atoms with Gasteiger partial charge in [0.1, 0.15) is 0 Å². The molecule has 0 spiro atoms. The fourth-order valence-corrected chi connectivity index (χ4v) is 3.77. The average Bonchev–Trinajstić information content (AvgIpc) is 2.74. The molecule has 1 aromatic carbocycles. The van der Waals surface area contributed by atoms with E-state index in [0.29, 0.717) is 0 Å². The van der Waals surface area contributed by atoms with Gasteiger partial charge in [0.15, 0.2) is 8.46 Å². The second-order valence-electron chi connectivity index (χ2n) is 5.65. The van der Waals surface area contributed by atoms with E-state index in [9.17, 15) is 4.57 Å². The van der Waals surface area contributed by atoms with Crippen molar-refractivity contribution < 1.29 is 4.57 Å². The number of fused-ring (bicyclic) bond motifs is 2. The molecule has 0 aromatic heterocycles. The lowest BCUT2D eigenvalue weighted by Crippen LogP contribution is -2.26. The van der Waals surface area contributed by atoms with Gasteiger partial charge in [-0.25, -0.2) is 0 Å². The summed E-state index contributed by atoms with van der Waals surface area (Å²) >= 11 is 0. The van der Waals surface area contributed by atoms with Crippen molar-refractivity contribution >= 4 is 20.1 Å². The Morgan fingerprint density at radius 2 is 1.87 bits per heavy atom. The first kappa shape index (κ1) is 15.6. The number of hydrogen-bond donors (Lipinski definition) is 0. The van der Waals surface area contributed by atoms with E-state index < -0.39 is 0 Å². The van der Waals surface area contributed by atoms with Gasteiger partial charge in [-0.3, -0.25) is 4.57 Å². The summed E-state index contributed by atoms with van der Waals surface area (Å²) in [4.78, 5) is 0. The zero-order chi connectivity index (χ0) is 16.2. The summed E-state index contributed by atoms with van der Waals surface area (Å²) in [5.74, 6) is 0. The van der Waals surface area contributed by atoms with Crippen LogP contribution in [0.15, 0.2) is 84.5 Å². The molecule has 1 atom stereocenters. The van der Waals surface area contributed by atoms with Gasteiger partial charge in [-0.15, -0.1) is 13.2 Å².